The van der Waals surface area contributed by atoms with Gasteiger partial charge in [-0.05, 0) is 13.0 Å². The second kappa shape index (κ2) is 8.02. The number of hydrogen-bond donors (Lipinski definition) is 1. The standard InChI is InChI=1S/C13H20FNO3/c1-10(15)12-4-3-11(9-13(12)14)18-8-7-17-6-5-16-2/h3-4,9-10H,5-8,15H2,1-2H3/t10-/m1/s1. The minimum atomic E-state index is -0.345. The number of hydrogen-bond acceptors (Lipinski definition) is 4. The molecule has 5 heteroatoms. The Labute approximate surface area is 107 Å². The summed E-state index contributed by atoms with van der Waals surface area (Å²) in [5.74, 6) is 0.134. The van der Waals surface area contributed by atoms with Gasteiger partial charge in [-0.15, -0.1) is 0 Å². The van der Waals surface area contributed by atoms with Gasteiger partial charge in [0.1, 0.15) is 18.2 Å². The van der Waals surface area contributed by atoms with Gasteiger partial charge in [0.15, 0.2) is 0 Å². The third-order valence-electron chi connectivity index (χ3n) is 2.39. The summed E-state index contributed by atoms with van der Waals surface area (Å²) in [6.07, 6.45) is 0. The van der Waals surface area contributed by atoms with Gasteiger partial charge in [-0.1, -0.05) is 6.07 Å². The van der Waals surface area contributed by atoms with Crippen molar-refractivity contribution in [3.05, 3.63) is 29.6 Å². The smallest absolute Gasteiger partial charge is 0.131 e. The van der Waals surface area contributed by atoms with Gasteiger partial charge in [-0.2, -0.15) is 0 Å². The molecule has 0 radical (unpaired) electrons. The monoisotopic (exact) mass is 257 g/mol. The number of rotatable bonds is 8. The molecule has 18 heavy (non-hydrogen) atoms. The first kappa shape index (κ1) is 14.9. The molecular formula is C13H20FNO3. The fourth-order valence-corrected chi connectivity index (χ4v) is 1.43. The molecule has 0 aromatic heterocycles. The quantitative estimate of drug-likeness (QED) is 0.722. The van der Waals surface area contributed by atoms with E-state index in [2.05, 4.69) is 0 Å². The van der Waals surface area contributed by atoms with Crippen molar-refractivity contribution in [3.63, 3.8) is 0 Å². The van der Waals surface area contributed by atoms with E-state index in [1.165, 1.54) is 6.07 Å². The highest BCUT2D eigenvalue weighted by molar-refractivity contribution is 5.30. The molecule has 0 amide bonds. The summed E-state index contributed by atoms with van der Waals surface area (Å²) < 4.78 is 29.0. The van der Waals surface area contributed by atoms with Gasteiger partial charge in [-0.3, -0.25) is 0 Å². The molecule has 0 bridgehead atoms. The van der Waals surface area contributed by atoms with Crippen LogP contribution in [-0.2, 0) is 9.47 Å². The highest BCUT2D eigenvalue weighted by Crippen LogP contribution is 2.20. The summed E-state index contributed by atoms with van der Waals surface area (Å²) in [6, 6.07) is 4.36. The van der Waals surface area contributed by atoms with E-state index in [0.717, 1.165) is 0 Å². The van der Waals surface area contributed by atoms with E-state index in [1.807, 2.05) is 0 Å². The normalized spacial score (nSPS) is 12.4. The highest BCUT2D eigenvalue weighted by Gasteiger charge is 2.07. The van der Waals surface area contributed by atoms with Gasteiger partial charge in [0.2, 0.25) is 0 Å². The SMILES string of the molecule is COCCOCCOc1ccc([C@@H](C)N)c(F)c1. The van der Waals surface area contributed by atoms with Crippen LogP contribution < -0.4 is 10.5 Å². The fourth-order valence-electron chi connectivity index (χ4n) is 1.43. The van der Waals surface area contributed by atoms with Gasteiger partial charge >= 0.3 is 0 Å². The van der Waals surface area contributed by atoms with Crippen LogP contribution in [-0.4, -0.2) is 33.5 Å². The first-order chi connectivity index (χ1) is 8.65. The fraction of sp³-hybridized carbons (Fsp3) is 0.538. The van der Waals surface area contributed by atoms with Gasteiger partial charge in [-0.25, -0.2) is 4.39 Å². The average Bonchev–Trinajstić information content (AvgIpc) is 2.33. The van der Waals surface area contributed by atoms with Crippen molar-refractivity contribution in [2.75, 3.05) is 33.5 Å². The van der Waals surface area contributed by atoms with Crippen molar-refractivity contribution in [2.24, 2.45) is 5.73 Å². The summed E-state index contributed by atoms with van der Waals surface area (Å²) in [5, 5.41) is 0. The minimum Gasteiger partial charge on any atom is -0.491 e. The predicted octanol–water partition coefficient (Wildman–Crippen LogP) is 1.89. The Morgan fingerprint density at radius 1 is 1.22 bits per heavy atom. The van der Waals surface area contributed by atoms with Crippen LogP contribution in [0.2, 0.25) is 0 Å². The molecule has 1 aromatic carbocycles. The maximum Gasteiger partial charge on any atom is 0.131 e. The Morgan fingerprint density at radius 2 is 1.94 bits per heavy atom. The Hall–Kier alpha value is -1.17. The third kappa shape index (κ3) is 5.00. The zero-order valence-corrected chi connectivity index (χ0v) is 10.8. The number of halogens is 1. The number of methoxy groups -OCH3 is 1. The van der Waals surface area contributed by atoms with Gasteiger partial charge in [0, 0.05) is 24.8 Å². The molecule has 0 saturated carbocycles. The maximum atomic E-state index is 13.6. The van der Waals surface area contributed by atoms with E-state index in [0.29, 0.717) is 37.7 Å². The maximum absolute atomic E-state index is 13.6. The summed E-state index contributed by atoms with van der Waals surface area (Å²) in [6.45, 7) is 3.64. The van der Waals surface area contributed by atoms with Gasteiger partial charge in [0.05, 0.1) is 19.8 Å². The molecule has 0 spiro atoms. The third-order valence-corrected chi connectivity index (χ3v) is 2.39. The number of nitrogens with two attached hydrogens (primary N) is 1. The molecule has 0 unspecified atom stereocenters. The molecule has 0 fully saturated rings. The van der Waals surface area contributed by atoms with Crippen molar-refractivity contribution in [3.8, 4) is 5.75 Å². The van der Waals surface area contributed by atoms with Crippen LogP contribution in [0.4, 0.5) is 4.39 Å². The van der Waals surface area contributed by atoms with E-state index in [9.17, 15) is 4.39 Å². The summed E-state index contributed by atoms with van der Waals surface area (Å²) in [7, 11) is 1.61. The summed E-state index contributed by atoms with van der Waals surface area (Å²) in [5.41, 5.74) is 6.11. The van der Waals surface area contributed by atoms with E-state index in [4.69, 9.17) is 19.9 Å². The Bertz CT molecular complexity index is 358. The van der Waals surface area contributed by atoms with Crippen molar-refractivity contribution >= 4 is 0 Å². The van der Waals surface area contributed by atoms with E-state index in [1.54, 1.807) is 26.2 Å². The molecule has 0 saturated heterocycles. The van der Waals surface area contributed by atoms with Crippen LogP contribution in [0.3, 0.4) is 0 Å². The Morgan fingerprint density at radius 3 is 2.56 bits per heavy atom. The van der Waals surface area contributed by atoms with Crippen molar-refractivity contribution in [2.45, 2.75) is 13.0 Å². The molecule has 0 aliphatic carbocycles. The molecular weight excluding hydrogens is 237 g/mol. The van der Waals surface area contributed by atoms with Crippen LogP contribution in [0.15, 0.2) is 18.2 Å². The molecule has 0 aliphatic rings. The van der Waals surface area contributed by atoms with E-state index >= 15 is 0 Å². The molecule has 2 N–H and O–H groups in total. The predicted molar refractivity (Wildman–Crippen MR) is 67.2 cm³/mol. The Balaban J connectivity index is 2.33. The summed E-state index contributed by atoms with van der Waals surface area (Å²) >= 11 is 0. The van der Waals surface area contributed by atoms with Crippen LogP contribution in [0.5, 0.6) is 5.75 Å². The largest absolute Gasteiger partial charge is 0.491 e. The lowest BCUT2D eigenvalue weighted by Gasteiger charge is -2.10. The number of benzene rings is 1. The zero-order valence-electron chi connectivity index (χ0n) is 10.8. The lowest BCUT2D eigenvalue weighted by molar-refractivity contribution is 0.0544. The van der Waals surface area contributed by atoms with E-state index < -0.39 is 0 Å². The van der Waals surface area contributed by atoms with Crippen LogP contribution >= 0.6 is 0 Å². The summed E-state index contributed by atoms with van der Waals surface area (Å²) in [4.78, 5) is 0. The first-order valence-corrected chi connectivity index (χ1v) is 5.89. The highest BCUT2D eigenvalue weighted by atomic mass is 19.1. The molecule has 1 aromatic rings. The second-order valence-corrected chi connectivity index (χ2v) is 3.93. The lowest BCUT2D eigenvalue weighted by atomic mass is 10.1. The molecule has 0 heterocycles. The number of ether oxygens (including phenoxy) is 3. The second-order valence-electron chi connectivity index (χ2n) is 3.93. The lowest BCUT2D eigenvalue weighted by Crippen LogP contribution is -2.11. The zero-order chi connectivity index (χ0) is 13.4. The van der Waals surface area contributed by atoms with Crippen molar-refractivity contribution < 1.29 is 18.6 Å². The van der Waals surface area contributed by atoms with Crippen molar-refractivity contribution in [1.82, 2.24) is 0 Å². The first-order valence-electron chi connectivity index (χ1n) is 5.89. The minimum absolute atomic E-state index is 0.323. The molecule has 1 rings (SSSR count). The molecule has 4 nitrogen and oxygen atoms in total. The molecule has 102 valence electrons. The van der Waals surface area contributed by atoms with Crippen molar-refractivity contribution in [1.29, 1.82) is 0 Å². The van der Waals surface area contributed by atoms with Crippen LogP contribution in [0, 0.1) is 5.82 Å². The van der Waals surface area contributed by atoms with Crippen LogP contribution in [0.1, 0.15) is 18.5 Å². The average molecular weight is 257 g/mol. The van der Waals surface area contributed by atoms with Gasteiger partial charge in [0.25, 0.3) is 0 Å². The Kier molecular flexibility index (Phi) is 6.64. The van der Waals surface area contributed by atoms with Crippen LogP contribution in [0.25, 0.3) is 0 Å². The van der Waals surface area contributed by atoms with E-state index in [-0.39, 0.29) is 11.9 Å². The molecule has 1 atom stereocenters. The van der Waals surface area contributed by atoms with Gasteiger partial charge < -0.3 is 19.9 Å². The molecule has 0 aliphatic heterocycles. The topological polar surface area (TPSA) is 53.7 Å².